The minimum atomic E-state index is -2.17. The van der Waals surface area contributed by atoms with Gasteiger partial charge in [-0.1, -0.05) is 0 Å². The van der Waals surface area contributed by atoms with E-state index in [1.165, 1.54) is 0 Å². The summed E-state index contributed by atoms with van der Waals surface area (Å²) >= 11 is 0. The van der Waals surface area contributed by atoms with Gasteiger partial charge in [-0.2, -0.15) is 0 Å². The Bertz CT molecular complexity index is 315. The lowest BCUT2D eigenvalue weighted by Gasteiger charge is -2.08. The minimum Gasteiger partial charge on any atom is -0.501 e. The smallest absolute Gasteiger partial charge is 0.501 e. The number of hydrogen-bond donors (Lipinski definition) is 7. The molecule has 9 nitrogen and oxygen atoms in total. The Morgan fingerprint density at radius 2 is 0.750 bits per heavy atom. The van der Waals surface area contributed by atoms with Crippen molar-refractivity contribution in [1.29, 1.82) is 0 Å². The number of hydrogen-bond acceptors (Lipinski definition) is 9. The van der Waals surface area contributed by atoms with Crippen LogP contribution in [0.25, 0.3) is 0 Å². The van der Waals surface area contributed by atoms with Crippen LogP contribution in [0, 0.1) is 0 Å². The number of rotatable bonds is 0. The van der Waals surface area contributed by atoms with E-state index < -0.39 is 41.9 Å². The Labute approximate surface area is 88.0 Å². The Balaban J connectivity index is 0.000000487. The molecule has 0 fully saturated rings. The second-order valence-electron chi connectivity index (χ2n) is 2.40. The molecule has 1 aliphatic rings. The number of aliphatic hydroxyl groups excluding tert-OH is 4. The van der Waals surface area contributed by atoms with Crippen molar-refractivity contribution < 1.29 is 45.1 Å². The predicted molar refractivity (Wildman–Crippen MR) is 47.0 cm³/mol. The van der Waals surface area contributed by atoms with E-state index in [2.05, 4.69) is 0 Å². The highest BCUT2D eigenvalue weighted by Gasteiger charge is 2.34. The van der Waals surface area contributed by atoms with Crippen LogP contribution in [0.3, 0.4) is 0 Å². The van der Waals surface area contributed by atoms with Gasteiger partial charge in [-0.15, -0.1) is 0 Å². The molecule has 1 rings (SSSR count). The average molecular weight is 234 g/mol. The third-order valence-corrected chi connectivity index (χ3v) is 1.31. The van der Waals surface area contributed by atoms with E-state index in [0.29, 0.717) is 0 Å². The third-order valence-electron chi connectivity index (χ3n) is 1.31. The van der Waals surface area contributed by atoms with Crippen LogP contribution in [-0.4, -0.2) is 54.4 Å². The molecule has 1 aliphatic carbocycles. The van der Waals surface area contributed by atoms with Crippen molar-refractivity contribution in [2.45, 2.75) is 0 Å². The summed E-state index contributed by atoms with van der Waals surface area (Å²) in [6.07, 6.45) is 0. The highest BCUT2D eigenvalue weighted by molar-refractivity contribution is 6.30. The zero-order valence-corrected chi connectivity index (χ0v) is 7.52. The fraction of sp³-hybridized carbons (Fsp3) is 0. The molecule has 88 valence electrons. The van der Waals surface area contributed by atoms with Crippen LogP contribution in [0.4, 0.5) is 0 Å². The highest BCUT2D eigenvalue weighted by atomic mass is 16.5. The summed E-state index contributed by atoms with van der Waals surface area (Å²) in [6, 6.07) is 0. The molecule has 0 unspecified atom stereocenters. The van der Waals surface area contributed by atoms with Crippen molar-refractivity contribution in [3.63, 3.8) is 0 Å². The van der Waals surface area contributed by atoms with Gasteiger partial charge in [0.25, 0.3) is 11.6 Å². The lowest BCUT2D eigenvalue weighted by molar-refractivity contribution is -0.124. The van der Waals surface area contributed by atoms with E-state index in [0.717, 1.165) is 0 Å². The minimum absolute atomic E-state index is 1.27. The van der Waals surface area contributed by atoms with Crippen molar-refractivity contribution in [2.24, 2.45) is 0 Å². The van der Waals surface area contributed by atoms with Gasteiger partial charge in [-0.25, -0.2) is 0 Å². The summed E-state index contributed by atoms with van der Waals surface area (Å²) in [6.45, 7) is 0. The maximum Gasteiger partial charge on any atom is 0.631 e. The summed E-state index contributed by atoms with van der Waals surface area (Å²) in [4.78, 5) is 21.2. The SMILES string of the molecule is O=C1C(O)=C(O)C(=O)C(O)=C1O.OB(O)O. The van der Waals surface area contributed by atoms with Crippen LogP contribution >= 0.6 is 0 Å². The van der Waals surface area contributed by atoms with Crippen molar-refractivity contribution in [3.05, 3.63) is 23.0 Å². The molecule has 0 spiro atoms. The lowest BCUT2D eigenvalue weighted by atomic mass is 10.1. The molecule has 16 heavy (non-hydrogen) atoms. The van der Waals surface area contributed by atoms with E-state index in [4.69, 9.17) is 35.5 Å². The zero-order chi connectivity index (χ0) is 13.0. The molecule has 0 aromatic rings. The van der Waals surface area contributed by atoms with Gasteiger partial charge < -0.3 is 35.5 Å². The number of carbonyl (C=O) groups excluding carboxylic acids is 2. The normalized spacial score (nSPS) is 15.9. The molecule has 0 aromatic heterocycles. The molecule has 0 bridgehead atoms. The summed E-state index contributed by atoms with van der Waals surface area (Å²) in [7, 11) is -2.17. The molecule has 0 saturated carbocycles. The van der Waals surface area contributed by atoms with E-state index >= 15 is 0 Å². The third kappa shape index (κ3) is 2.98. The molecular weight excluding hydrogens is 227 g/mol. The second-order valence-corrected chi connectivity index (χ2v) is 2.40. The first-order valence-electron chi connectivity index (χ1n) is 3.58. The van der Waals surface area contributed by atoms with Gasteiger partial charge in [0, 0.05) is 0 Å². The van der Waals surface area contributed by atoms with Gasteiger partial charge in [-0.05, 0) is 0 Å². The standard InChI is InChI=1S/C6H4O6.BH3O3/c7-1-2(8)4(10)6(12)5(11)3(1)9;2-1(3)4/h7-8,11-12H;2-4H. The van der Waals surface area contributed by atoms with E-state index in [1.54, 1.807) is 0 Å². The number of aliphatic hydroxyl groups is 4. The van der Waals surface area contributed by atoms with Crippen molar-refractivity contribution in [1.82, 2.24) is 0 Å². The van der Waals surface area contributed by atoms with E-state index in [1.807, 2.05) is 0 Å². The topological polar surface area (TPSA) is 176 Å². The van der Waals surface area contributed by atoms with Gasteiger partial charge >= 0.3 is 7.32 Å². The maximum atomic E-state index is 10.6. The Morgan fingerprint density at radius 3 is 0.875 bits per heavy atom. The summed E-state index contributed by atoms with van der Waals surface area (Å²) in [5, 5.41) is 56.1. The van der Waals surface area contributed by atoms with E-state index in [9.17, 15) is 9.59 Å². The van der Waals surface area contributed by atoms with Crippen LogP contribution in [0.2, 0.25) is 0 Å². The Kier molecular flexibility index (Phi) is 4.50. The van der Waals surface area contributed by atoms with Gasteiger partial charge in [0.15, 0.2) is 0 Å². The largest absolute Gasteiger partial charge is 0.631 e. The van der Waals surface area contributed by atoms with Crippen LogP contribution in [-0.2, 0) is 9.59 Å². The van der Waals surface area contributed by atoms with Gasteiger partial charge in [0.05, 0.1) is 0 Å². The monoisotopic (exact) mass is 234 g/mol. The highest BCUT2D eigenvalue weighted by Crippen LogP contribution is 2.17. The molecular formula is C6H7BO9. The first kappa shape index (κ1) is 14.0. The molecule has 0 saturated heterocycles. The van der Waals surface area contributed by atoms with Crippen LogP contribution < -0.4 is 0 Å². The number of Topliss-reactive ketones (excluding diaryl/α,β-unsaturated/α-hetero) is 2. The summed E-state index contributed by atoms with van der Waals surface area (Å²) in [5.74, 6) is -7.84. The van der Waals surface area contributed by atoms with Crippen molar-refractivity contribution >= 4 is 18.9 Å². The van der Waals surface area contributed by atoms with Crippen LogP contribution in [0.5, 0.6) is 0 Å². The van der Waals surface area contributed by atoms with Crippen LogP contribution in [0.15, 0.2) is 23.0 Å². The van der Waals surface area contributed by atoms with Crippen molar-refractivity contribution in [2.75, 3.05) is 0 Å². The Morgan fingerprint density at radius 1 is 0.625 bits per heavy atom. The second kappa shape index (κ2) is 5.16. The van der Waals surface area contributed by atoms with Crippen molar-refractivity contribution in [3.8, 4) is 0 Å². The molecule has 0 heterocycles. The summed E-state index contributed by atoms with van der Waals surface area (Å²) in [5.41, 5.74) is 0. The lowest BCUT2D eigenvalue weighted by Crippen LogP contribution is -2.23. The zero-order valence-electron chi connectivity index (χ0n) is 7.52. The van der Waals surface area contributed by atoms with Gasteiger partial charge in [0.1, 0.15) is 0 Å². The maximum absolute atomic E-state index is 10.6. The molecule has 0 aliphatic heterocycles. The van der Waals surface area contributed by atoms with E-state index in [-0.39, 0.29) is 0 Å². The quantitative estimate of drug-likeness (QED) is 0.180. The average Bonchev–Trinajstić information content (AvgIpc) is 2.20. The molecule has 0 aromatic carbocycles. The Hall–Kier alpha value is -2.04. The molecule has 0 radical (unpaired) electrons. The molecule has 0 atom stereocenters. The van der Waals surface area contributed by atoms with Gasteiger partial charge in [0.2, 0.25) is 23.0 Å². The van der Waals surface area contributed by atoms with Gasteiger partial charge in [-0.3, -0.25) is 9.59 Å². The molecule has 7 N–H and O–H groups in total. The molecule has 0 amide bonds. The number of carbonyl (C=O) groups is 2. The first-order chi connectivity index (χ1) is 7.20. The predicted octanol–water partition coefficient (Wildman–Crippen LogP) is -2.26. The first-order valence-corrected chi connectivity index (χ1v) is 3.58. The number of ketones is 2. The fourth-order valence-electron chi connectivity index (χ4n) is 0.654. The van der Waals surface area contributed by atoms with Crippen LogP contribution in [0.1, 0.15) is 0 Å². The molecule has 10 heteroatoms. The summed E-state index contributed by atoms with van der Waals surface area (Å²) < 4.78 is 0. The fourth-order valence-corrected chi connectivity index (χ4v) is 0.654.